The Morgan fingerprint density at radius 3 is 1.37 bits per heavy atom. The van der Waals surface area contributed by atoms with Crippen molar-refractivity contribution in [2.24, 2.45) is 0 Å². The van der Waals surface area contributed by atoms with Crippen molar-refractivity contribution in [2.45, 2.75) is 19.6 Å². The van der Waals surface area contributed by atoms with Crippen molar-refractivity contribution in [1.29, 1.82) is 0 Å². The fourth-order valence-corrected chi connectivity index (χ4v) is 2.06. The summed E-state index contributed by atoms with van der Waals surface area (Å²) in [6, 6.07) is 9.13. The number of carbonyl (C=O) groups excluding carboxylic acids is 2. The second-order valence-electron chi connectivity index (χ2n) is 5.17. The van der Waals surface area contributed by atoms with Gasteiger partial charge in [0.1, 0.15) is 23.1 Å². The van der Waals surface area contributed by atoms with E-state index in [0.29, 0.717) is 0 Å². The SMILES string of the molecule is CCOC(=O)C(Oc1ccc(F)cc1)(Oc1ccc(F)cc1)C(=O)OCC. The predicted octanol–water partition coefficient (Wildman–Crippen LogP) is 3.25. The maximum atomic E-state index is 13.2. The molecule has 0 aliphatic heterocycles. The molecule has 0 atom stereocenters. The highest BCUT2D eigenvalue weighted by Crippen LogP contribution is 2.27. The summed E-state index contributed by atoms with van der Waals surface area (Å²) < 4.78 is 47.1. The highest BCUT2D eigenvalue weighted by Gasteiger charge is 2.56. The Morgan fingerprint density at radius 2 is 1.07 bits per heavy atom. The third-order valence-electron chi connectivity index (χ3n) is 3.24. The normalized spacial score (nSPS) is 10.8. The molecule has 0 N–H and O–H groups in total. The van der Waals surface area contributed by atoms with Crippen LogP contribution in [0.2, 0.25) is 0 Å². The lowest BCUT2D eigenvalue weighted by atomic mass is 10.2. The van der Waals surface area contributed by atoms with E-state index in [1.54, 1.807) is 0 Å². The van der Waals surface area contributed by atoms with E-state index in [1.807, 2.05) is 0 Å². The van der Waals surface area contributed by atoms with Crippen LogP contribution in [0.15, 0.2) is 48.5 Å². The third-order valence-corrected chi connectivity index (χ3v) is 3.24. The molecular formula is C19H18F2O6. The lowest BCUT2D eigenvalue weighted by Crippen LogP contribution is -2.58. The zero-order chi connectivity index (χ0) is 19.9. The molecule has 27 heavy (non-hydrogen) atoms. The van der Waals surface area contributed by atoms with Crippen LogP contribution in [0.5, 0.6) is 11.5 Å². The zero-order valence-electron chi connectivity index (χ0n) is 14.7. The van der Waals surface area contributed by atoms with Crippen LogP contribution in [0.25, 0.3) is 0 Å². The maximum absolute atomic E-state index is 13.2. The van der Waals surface area contributed by atoms with Crippen LogP contribution < -0.4 is 9.47 Å². The first-order chi connectivity index (χ1) is 12.9. The van der Waals surface area contributed by atoms with Crippen molar-refractivity contribution in [2.75, 3.05) is 13.2 Å². The number of halogens is 2. The predicted molar refractivity (Wildman–Crippen MR) is 90.1 cm³/mol. The van der Waals surface area contributed by atoms with Crippen LogP contribution in [0.1, 0.15) is 13.8 Å². The van der Waals surface area contributed by atoms with Crippen LogP contribution in [-0.2, 0) is 19.1 Å². The highest BCUT2D eigenvalue weighted by molar-refractivity contribution is 6.02. The van der Waals surface area contributed by atoms with Gasteiger partial charge in [-0.2, -0.15) is 0 Å². The number of rotatable bonds is 8. The molecule has 2 aromatic carbocycles. The molecule has 6 nitrogen and oxygen atoms in total. The third kappa shape index (κ3) is 4.93. The van der Waals surface area contributed by atoms with Crippen molar-refractivity contribution in [3.63, 3.8) is 0 Å². The van der Waals surface area contributed by atoms with Gasteiger partial charge in [-0.15, -0.1) is 0 Å². The molecule has 0 saturated carbocycles. The summed E-state index contributed by atoms with van der Waals surface area (Å²) in [5, 5.41) is 0. The molecule has 0 saturated heterocycles. The van der Waals surface area contributed by atoms with Crippen molar-refractivity contribution >= 4 is 11.9 Å². The van der Waals surface area contributed by atoms with Gasteiger partial charge in [-0.1, -0.05) is 0 Å². The minimum atomic E-state index is -2.65. The molecule has 8 heteroatoms. The van der Waals surface area contributed by atoms with Gasteiger partial charge in [-0.25, -0.2) is 18.4 Å². The average molecular weight is 380 g/mol. The van der Waals surface area contributed by atoms with Gasteiger partial charge >= 0.3 is 17.7 Å². The summed E-state index contributed by atoms with van der Waals surface area (Å²) >= 11 is 0. The molecule has 2 aromatic rings. The lowest BCUT2D eigenvalue weighted by molar-refractivity contribution is -0.209. The van der Waals surface area contributed by atoms with Gasteiger partial charge in [0, 0.05) is 0 Å². The van der Waals surface area contributed by atoms with Crippen LogP contribution in [-0.4, -0.2) is 30.9 Å². The summed E-state index contributed by atoms with van der Waals surface area (Å²) in [4.78, 5) is 25.2. The van der Waals surface area contributed by atoms with Crippen LogP contribution >= 0.6 is 0 Å². The Kier molecular flexibility index (Phi) is 6.70. The van der Waals surface area contributed by atoms with E-state index in [-0.39, 0.29) is 24.7 Å². The second-order valence-corrected chi connectivity index (χ2v) is 5.17. The molecule has 0 unspecified atom stereocenters. The van der Waals surface area contributed by atoms with Crippen molar-refractivity contribution in [1.82, 2.24) is 0 Å². The molecule has 144 valence electrons. The molecule has 0 amide bonds. The Bertz CT molecular complexity index is 706. The molecule has 0 radical (unpaired) electrons. The molecule has 0 fully saturated rings. The van der Waals surface area contributed by atoms with E-state index in [9.17, 15) is 18.4 Å². The number of hydrogen-bond acceptors (Lipinski definition) is 6. The zero-order valence-corrected chi connectivity index (χ0v) is 14.7. The maximum Gasteiger partial charge on any atom is 0.453 e. The smallest absolute Gasteiger partial charge is 0.453 e. The monoisotopic (exact) mass is 380 g/mol. The standard InChI is InChI=1S/C19H18F2O6/c1-3-24-17(22)19(18(23)25-4-2,26-15-9-5-13(20)6-10-15)27-16-11-7-14(21)8-12-16/h5-12H,3-4H2,1-2H3. The molecule has 0 aromatic heterocycles. The van der Waals surface area contributed by atoms with E-state index in [1.165, 1.54) is 38.1 Å². The topological polar surface area (TPSA) is 71.1 Å². The lowest BCUT2D eigenvalue weighted by Gasteiger charge is -2.29. The first-order valence-electron chi connectivity index (χ1n) is 8.15. The summed E-state index contributed by atoms with van der Waals surface area (Å²) in [6.45, 7) is 2.92. The highest BCUT2D eigenvalue weighted by atomic mass is 19.1. The van der Waals surface area contributed by atoms with E-state index in [2.05, 4.69) is 0 Å². The summed E-state index contributed by atoms with van der Waals surface area (Å²) in [7, 11) is 0. The van der Waals surface area contributed by atoms with Crippen molar-refractivity contribution in [3.8, 4) is 11.5 Å². The summed E-state index contributed by atoms with van der Waals surface area (Å²) in [5.74, 6) is -6.16. The fourth-order valence-electron chi connectivity index (χ4n) is 2.06. The van der Waals surface area contributed by atoms with E-state index >= 15 is 0 Å². The van der Waals surface area contributed by atoms with Crippen molar-refractivity contribution in [3.05, 3.63) is 60.2 Å². The largest absolute Gasteiger partial charge is 0.460 e. The van der Waals surface area contributed by atoms with E-state index < -0.39 is 29.4 Å². The number of ether oxygens (including phenoxy) is 4. The molecule has 0 heterocycles. The van der Waals surface area contributed by atoms with Crippen LogP contribution in [0.3, 0.4) is 0 Å². The Labute approximate surface area is 154 Å². The summed E-state index contributed by atoms with van der Waals surface area (Å²) in [6.07, 6.45) is 0. The van der Waals surface area contributed by atoms with Crippen LogP contribution in [0.4, 0.5) is 8.78 Å². The Balaban J connectivity index is 2.49. The van der Waals surface area contributed by atoms with Gasteiger partial charge in [0.15, 0.2) is 0 Å². The molecule has 0 aliphatic carbocycles. The van der Waals surface area contributed by atoms with Crippen LogP contribution in [0, 0.1) is 11.6 Å². The Morgan fingerprint density at radius 1 is 0.741 bits per heavy atom. The van der Waals surface area contributed by atoms with Gasteiger partial charge < -0.3 is 18.9 Å². The number of hydrogen-bond donors (Lipinski definition) is 0. The molecule has 0 spiro atoms. The van der Waals surface area contributed by atoms with Gasteiger partial charge in [-0.05, 0) is 62.4 Å². The molecule has 2 rings (SSSR count). The van der Waals surface area contributed by atoms with Gasteiger partial charge in [0.2, 0.25) is 0 Å². The van der Waals surface area contributed by atoms with Gasteiger partial charge in [0.05, 0.1) is 13.2 Å². The molecule has 0 bridgehead atoms. The summed E-state index contributed by atoms with van der Waals surface area (Å²) in [5.41, 5.74) is 0. The molecule has 0 aliphatic rings. The number of carbonyl (C=O) groups is 2. The number of esters is 2. The molecular weight excluding hydrogens is 362 g/mol. The minimum Gasteiger partial charge on any atom is -0.460 e. The first kappa shape index (κ1) is 20.2. The van der Waals surface area contributed by atoms with Gasteiger partial charge in [-0.3, -0.25) is 0 Å². The van der Waals surface area contributed by atoms with E-state index in [0.717, 1.165) is 24.3 Å². The van der Waals surface area contributed by atoms with Crippen molar-refractivity contribution < 1.29 is 37.3 Å². The average Bonchev–Trinajstić information content (AvgIpc) is 2.65. The van der Waals surface area contributed by atoms with E-state index in [4.69, 9.17) is 18.9 Å². The quantitative estimate of drug-likeness (QED) is 0.398. The minimum absolute atomic E-state index is 0.0420. The fraction of sp³-hybridized carbons (Fsp3) is 0.263. The first-order valence-corrected chi connectivity index (χ1v) is 8.15. The number of benzene rings is 2. The Hall–Kier alpha value is -3.16. The van der Waals surface area contributed by atoms with Gasteiger partial charge in [0.25, 0.3) is 0 Å². The second kappa shape index (κ2) is 8.98.